The molecule has 0 aliphatic carbocycles. The molecule has 0 amide bonds. The predicted octanol–water partition coefficient (Wildman–Crippen LogP) is 2.43. The van der Waals surface area contributed by atoms with Crippen LogP contribution in [0.15, 0.2) is 21.7 Å². The summed E-state index contributed by atoms with van der Waals surface area (Å²) >= 11 is 2.68. The highest BCUT2D eigenvalue weighted by Crippen LogP contribution is 2.25. The second kappa shape index (κ2) is 5.92. The highest BCUT2D eigenvalue weighted by Gasteiger charge is 2.20. The van der Waals surface area contributed by atoms with Gasteiger partial charge in [-0.2, -0.15) is 0 Å². The Morgan fingerprint density at radius 1 is 1.35 bits per heavy atom. The molecule has 0 spiro atoms. The minimum absolute atomic E-state index is 0.135. The van der Waals surface area contributed by atoms with E-state index < -0.39 is 30.4 Å². The molecule has 1 aromatic rings. The number of rotatable bonds is 4. The summed E-state index contributed by atoms with van der Waals surface area (Å²) in [5, 5.41) is 22.0. The Balaban J connectivity index is 2.96. The minimum Gasteiger partial charge on any atom is -0.390 e. The molecule has 5 nitrogen and oxygen atoms in total. The van der Waals surface area contributed by atoms with Crippen LogP contribution in [0.25, 0.3) is 10.4 Å². The molecule has 17 heavy (non-hydrogen) atoms. The van der Waals surface area contributed by atoms with Gasteiger partial charge in [0.25, 0.3) is 0 Å². The van der Waals surface area contributed by atoms with Crippen molar-refractivity contribution in [2.24, 2.45) is 5.11 Å². The highest BCUT2D eigenvalue weighted by atomic mass is 79.9. The molecule has 0 saturated heterocycles. The van der Waals surface area contributed by atoms with Crippen LogP contribution in [0.1, 0.15) is 11.7 Å². The maximum atomic E-state index is 13.2. The number of hydrogen-bond donors (Lipinski definition) is 2. The zero-order valence-corrected chi connectivity index (χ0v) is 9.97. The van der Waals surface area contributed by atoms with Crippen molar-refractivity contribution in [1.29, 1.82) is 0 Å². The van der Waals surface area contributed by atoms with E-state index in [-0.39, 0.29) is 10.0 Å². The van der Waals surface area contributed by atoms with E-state index in [0.29, 0.717) is 0 Å². The number of hydrogen-bond acceptors (Lipinski definition) is 3. The van der Waals surface area contributed by atoms with Crippen LogP contribution in [0.3, 0.4) is 0 Å². The summed E-state index contributed by atoms with van der Waals surface area (Å²) < 4.78 is 26.0. The van der Waals surface area contributed by atoms with Crippen molar-refractivity contribution in [3.63, 3.8) is 0 Å². The Bertz CT molecular complexity index is 443. The van der Waals surface area contributed by atoms with Crippen molar-refractivity contribution in [1.82, 2.24) is 0 Å². The largest absolute Gasteiger partial charge is 0.390 e. The van der Waals surface area contributed by atoms with Gasteiger partial charge in [-0.1, -0.05) is 5.11 Å². The molecule has 2 atom stereocenters. The fraction of sp³-hybridized carbons (Fsp3) is 0.333. The van der Waals surface area contributed by atoms with Crippen LogP contribution in [0.2, 0.25) is 0 Å². The van der Waals surface area contributed by atoms with Gasteiger partial charge in [-0.3, -0.25) is 0 Å². The van der Waals surface area contributed by atoms with Gasteiger partial charge in [-0.05, 0) is 39.2 Å². The first-order chi connectivity index (χ1) is 7.97. The lowest BCUT2D eigenvalue weighted by Gasteiger charge is -2.16. The molecule has 0 aromatic heterocycles. The zero-order valence-electron chi connectivity index (χ0n) is 8.39. The van der Waals surface area contributed by atoms with Gasteiger partial charge in [0.05, 0.1) is 17.1 Å². The van der Waals surface area contributed by atoms with Crippen LogP contribution >= 0.6 is 15.9 Å². The van der Waals surface area contributed by atoms with E-state index in [4.69, 9.17) is 5.53 Å². The monoisotopic (exact) mass is 307 g/mol. The van der Waals surface area contributed by atoms with Gasteiger partial charge >= 0.3 is 0 Å². The smallest absolute Gasteiger partial charge is 0.140 e. The molecule has 0 heterocycles. The van der Waals surface area contributed by atoms with Crippen molar-refractivity contribution >= 4 is 15.9 Å². The van der Waals surface area contributed by atoms with E-state index in [1.807, 2.05) is 0 Å². The molecular formula is C9H8BrF2N3O2. The summed E-state index contributed by atoms with van der Waals surface area (Å²) in [6, 6.07) is 1.77. The van der Waals surface area contributed by atoms with Crippen molar-refractivity contribution in [3.8, 4) is 0 Å². The van der Waals surface area contributed by atoms with E-state index in [0.717, 1.165) is 12.1 Å². The third kappa shape index (κ3) is 3.37. The first-order valence-corrected chi connectivity index (χ1v) is 5.28. The molecular weight excluding hydrogens is 300 g/mol. The Hall–Kier alpha value is -1.21. The third-order valence-electron chi connectivity index (χ3n) is 2.04. The normalized spacial score (nSPS) is 13.9. The lowest BCUT2D eigenvalue weighted by molar-refractivity contribution is 0.0240. The number of azide groups is 1. The SMILES string of the molecule is [N-]=[N+]=NCC(O)C(O)c1cc(F)c(Br)c(F)c1. The van der Waals surface area contributed by atoms with Gasteiger partial charge in [0.2, 0.25) is 0 Å². The third-order valence-corrected chi connectivity index (χ3v) is 2.80. The summed E-state index contributed by atoms with van der Waals surface area (Å²) in [7, 11) is 0. The standard InChI is InChI=1S/C9H8BrF2N3O2/c10-8-5(11)1-4(2-6(8)12)9(17)7(16)3-14-15-13/h1-2,7,9,16-17H,3H2. The molecule has 0 fully saturated rings. The number of benzene rings is 1. The van der Waals surface area contributed by atoms with E-state index >= 15 is 0 Å². The van der Waals surface area contributed by atoms with E-state index in [9.17, 15) is 19.0 Å². The Morgan fingerprint density at radius 2 is 1.88 bits per heavy atom. The number of halogens is 3. The maximum absolute atomic E-state index is 13.2. The Kier molecular flexibility index (Phi) is 4.83. The summed E-state index contributed by atoms with van der Waals surface area (Å²) in [5.41, 5.74) is 7.90. The van der Waals surface area contributed by atoms with Gasteiger partial charge in [-0.25, -0.2) is 8.78 Å². The molecule has 0 saturated carbocycles. The predicted molar refractivity (Wildman–Crippen MR) is 59.0 cm³/mol. The van der Waals surface area contributed by atoms with Gasteiger partial charge in [0.15, 0.2) is 0 Å². The Morgan fingerprint density at radius 3 is 2.35 bits per heavy atom. The van der Waals surface area contributed by atoms with Crippen LogP contribution in [-0.4, -0.2) is 22.9 Å². The molecule has 0 bridgehead atoms. The van der Waals surface area contributed by atoms with Crippen molar-refractivity contribution < 1.29 is 19.0 Å². The second-order valence-electron chi connectivity index (χ2n) is 3.22. The van der Waals surface area contributed by atoms with Crippen LogP contribution in [0, 0.1) is 11.6 Å². The summed E-state index contributed by atoms with van der Waals surface area (Å²) in [5.74, 6) is -1.79. The molecule has 0 radical (unpaired) electrons. The summed E-state index contributed by atoms with van der Waals surface area (Å²) in [6.07, 6.45) is -2.96. The van der Waals surface area contributed by atoms with Crippen LogP contribution in [0.5, 0.6) is 0 Å². The summed E-state index contributed by atoms with van der Waals surface area (Å²) in [6.45, 7) is -0.392. The van der Waals surface area contributed by atoms with E-state index in [1.165, 1.54) is 0 Å². The molecule has 1 rings (SSSR count). The fourth-order valence-electron chi connectivity index (χ4n) is 1.19. The number of nitrogens with zero attached hydrogens (tertiary/aromatic N) is 3. The zero-order chi connectivity index (χ0) is 13.0. The average Bonchev–Trinajstić information content (AvgIpc) is 2.31. The molecule has 2 N–H and O–H groups in total. The molecule has 0 aliphatic rings. The van der Waals surface area contributed by atoms with Crippen LogP contribution in [0.4, 0.5) is 8.78 Å². The topological polar surface area (TPSA) is 89.2 Å². The molecule has 0 aliphatic heterocycles. The fourth-order valence-corrected chi connectivity index (χ4v) is 1.42. The van der Waals surface area contributed by atoms with E-state index in [1.54, 1.807) is 0 Å². The first kappa shape index (κ1) is 13.9. The lowest BCUT2D eigenvalue weighted by atomic mass is 10.0. The van der Waals surface area contributed by atoms with Crippen molar-refractivity contribution in [2.45, 2.75) is 12.2 Å². The molecule has 92 valence electrons. The van der Waals surface area contributed by atoms with Gasteiger partial charge in [0.1, 0.15) is 17.7 Å². The van der Waals surface area contributed by atoms with Crippen LogP contribution in [-0.2, 0) is 0 Å². The lowest BCUT2D eigenvalue weighted by Crippen LogP contribution is -2.21. The second-order valence-corrected chi connectivity index (χ2v) is 4.02. The van der Waals surface area contributed by atoms with Crippen molar-refractivity contribution in [2.75, 3.05) is 6.54 Å². The molecule has 2 unspecified atom stereocenters. The average molecular weight is 308 g/mol. The maximum Gasteiger partial charge on any atom is 0.140 e. The number of aliphatic hydroxyl groups is 2. The van der Waals surface area contributed by atoms with Gasteiger partial charge in [-0.15, -0.1) is 0 Å². The van der Waals surface area contributed by atoms with Crippen LogP contribution < -0.4 is 0 Å². The minimum atomic E-state index is -1.53. The van der Waals surface area contributed by atoms with E-state index in [2.05, 4.69) is 26.0 Å². The first-order valence-electron chi connectivity index (χ1n) is 4.48. The van der Waals surface area contributed by atoms with Crippen molar-refractivity contribution in [3.05, 3.63) is 44.2 Å². The summed E-state index contributed by atoms with van der Waals surface area (Å²) in [4.78, 5) is 2.40. The number of aliphatic hydroxyl groups excluding tert-OH is 2. The van der Waals surface area contributed by atoms with Gasteiger partial charge < -0.3 is 10.2 Å². The van der Waals surface area contributed by atoms with Gasteiger partial charge in [0, 0.05) is 4.91 Å². The Labute approximate surface area is 103 Å². The molecule has 8 heteroatoms. The molecule has 1 aromatic carbocycles. The quantitative estimate of drug-likeness (QED) is 0.387. The highest BCUT2D eigenvalue weighted by molar-refractivity contribution is 9.10.